The standard InChI is InChI=1S/C13H13NO3S/c1-8-12(7-15)18-13(14-8)10-6-9(16-2)4-5-11(10)17-3/h4-7H,1-3H3. The number of methoxy groups -OCH3 is 2. The molecule has 18 heavy (non-hydrogen) atoms. The number of aryl methyl sites for hydroxylation is 1. The number of carbonyl (C=O) groups excluding carboxylic acids is 1. The van der Waals surface area contributed by atoms with Crippen molar-refractivity contribution < 1.29 is 14.3 Å². The smallest absolute Gasteiger partial charge is 0.161 e. The lowest BCUT2D eigenvalue weighted by atomic mass is 10.2. The summed E-state index contributed by atoms with van der Waals surface area (Å²) in [5.41, 5.74) is 1.56. The van der Waals surface area contributed by atoms with E-state index < -0.39 is 0 Å². The number of hydrogen-bond acceptors (Lipinski definition) is 5. The minimum absolute atomic E-state index is 0.634. The zero-order valence-electron chi connectivity index (χ0n) is 10.4. The van der Waals surface area contributed by atoms with Gasteiger partial charge in [-0.3, -0.25) is 4.79 Å². The van der Waals surface area contributed by atoms with E-state index in [4.69, 9.17) is 9.47 Å². The van der Waals surface area contributed by atoms with Gasteiger partial charge in [0.05, 0.1) is 30.4 Å². The average Bonchev–Trinajstić information content (AvgIpc) is 2.79. The number of hydrogen-bond donors (Lipinski definition) is 0. The molecule has 2 rings (SSSR count). The van der Waals surface area contributed by atoms with Crippen LogP contribution in [0.25, 0.3) is 10.6 Å². The van der Waals surface area contributed by atoms with Crippen LogP contribution in [0.5, 0.6) is 11.5 Å². The highest BCUT2D eigenvalue weighted by Crippen LogP contribution is 2.36. The van der Waals surface area contributed by atoms with Crippen molar-refractivity contribution in [3.63, 3.8) is 0 Å². The summed E-state index contributed by atoms with van der Waals surface area (Å²) >= 11 is 1.35. The van der Waals surface area contributed by atoms with E-state index in [1.54, 1.807) is 14.2 Å². The number of carbonyl (C=O) groups is 1. The van der Waals surface area contributed by atoms with Gasteiger partial charge in [0.15, 0.2) is 6.29 Å². The number of aromatic nitrogens is 1. The van der Waals surface area contributed by atoms with Crippen LogP contribution in [0.2, 0.25) is 0 Å². The third kappa shape index (κ3) is 2.22. The molecule has 0 fully saturated rings. The van der Waals surface area contributed by atoms with Crippen molar-refractivity contribution >= 4 is 17.6 Å². The molecule has 0 aliphatic carbocycles. The molecule has 4 nitrogen and oxygen atoms in total. The molecule has 0 saturated heterocycles. The number of benzene rings is 1. The van der Waals surface area contributed by atoms with Crippen molar-refractivity contribution in [2.24, 2.45) is 0 Å². The fraction of sp³-hybridized carbons (Fsp3) is 0.231. The summed E-state index contributed by atoms with van der Waals surface area (Å²) in [5.74, 6) is 1.44. The van der Waals surface area contributed by atoms with Gasteiger partial charge in [-0.05, 0) is 25.1 Å². The minimum atomic E-state index is 0.634. The van der Waals surface area contributed by atoms with E-state index >= 15 is 0 Å². The first-order valence-corrected chi connectivity index (χ1v) is 6.16. The molecule has 0 atom stereocenters. The third-order valence-corrected chi connectivity index (χ3v) is 3.69. The number of aldehydes is 1. The second-order valence-electron chi connectivity index (χ2n) is 3.65. The molecule has 0 amide bonds. The molecule has 0 N–H and O–H groups in total. The molecule has 0 spiro atoms. The van der Waals surface area contributed by atoms with Crippen molar-refractivity contribution in [1.29, 1.82) is 0 Å². The summed E-state index contributed by atoms with van der Waals surface area (Å²) in [5, 5.41) is 0.755. The Balaban J connectivity index is 2.56. The van der Waals surface area contributed by atoms with E-state index in [0.717, 1.165) is 28.3 Å². The highest BCUT2D eigenvalue weighted by Gasteiger charge is 2.14. The molecule has 1 aromatic heterocycles. The van der Waals surface area contributed by atoms with Crippen LogP contribution >= 0.6 is 11.3 Å². The molecule has 0 aliphatic heterocycles. The van der Waals surface area contributed by atoms with Gasteiger partial charge in [0.2, 0.25) is 0 Å². The Morgan fingerprint density at radius 1 is 1.28 bits per heavy atom. The Morgan fingerprint density at radius 3 is 2.61 bits per heavy atom. The second-order valence-corrected chi connectivity index (χ2v) is 4.68. The van der Waals surface area contributed by atoms with Crippen LogP contribution in [-0.2, 0) is 0 Å². The molecule has 5 heteroatoms. The summed E-state index contributed by atoms with van der Waals surface area (Å²) in [6, 6.07) is 5.50. The Morgan fingerprint density at radius 2 is 2.06 bits per heavy atom. The van der Waals surface area contributed by atoms with E-state index in [1.165, 1.54) is 11.3 Å². The third-order valence-electron chi connectivity index (χ3n) is 2.58. The highest BCUT2D eigenvalue weighted by molar-refractivity contribution is 7.16. The monoisotopic (exact) mass is 263 g/mol. The maximum atomic E-state index is 10.9. The van der Waals surface area contributed by atoms with Crippen LogP contribution in [0.4, 0.5) is 0 Å². The Bertz CT molecular complexity index is 578. The topological polar surface area (TPSA) is 48.4 Å². The first kappa shape index (κ1) is 12.6. The van der Waals surface area contributed by atoms with Crippen LogP contribution in [0, 0.1) is 6.92 Å². The molecule has 94 valence electrons. The van der Waals surface area contributed by atoms with Gasteiger partial charge >= 0.3 is 0 Å². The summed E-state index contributed by atoms with van der Waals surface area (Å²) in [6.45, 7) is 1.82. The molecular formula is C13H13NO3S. The SMILES string of the molecule is COc1ccc(OC)c(-c2nc(C)c(C=O)s2)c1. The number of ether oxygens (including phenoxy) is 2. The Kier molecular flexibility index (Phi) is 3.62. The maximum Gasteiger partial charge on any atom is 0.161 e. The average molecular weight is 263 g/mol. The van der Waals surface area contributed by atoms with Crippen molar-refractivity contribution in [3.05, 3.63) is 28.8 Å². The van der Waals surface area contributed by atoms with Gasteiger partial charge in [-0.25, -0.2) is 4.98 Å². The van der Waals surface area contributed by atoms with E-state index in [-0.39, 0.29) is 0 Å². The van der Waals surface area contributed by atoms with Gasteiger partial charge in [-0.15, -0.1) is 11.3 Å². The normalized spacial score (nSPS) is 10.2. The Labute approximate surface area is 109 Å². The van der Waals surface area contributed by atoms with Crippen molar-refractivity contribution in [2.45, 2.75) is 6.92 Å². The van der Waals surface area contributed by atoms with E-state index in [1.807, 2.05) is 25.1 Å². The predicted octanol–water partition coefficient (Wildman–Crippen LogP) is 2.95. The highest BCUT2D eigenvalue weighted by atomic mass is 32.1. The molecule has 1 heterocycles. The molecular weight excluding hydrogens is 250 g/mol. The van der Waals surface area contributed by atoms with Gasteiger partial charge in [-0.1, -0.05) is 0 Å². The lowest BCUT2D eigenvalue weighted by molar-refractivity contribution is 0.112. The predicted molar refractivity (Wildman–Crippen MR) is 70.8 cm³/mol. The quantitative estimate of drug-likeness (QED) is 0.796. The molecule has 0 bridgehead atoms. The summed E-state index contributed by atoms with van der Waals surface area (Å²) in [7, 11) is 3.21. The second kappa shape index (κ2) is 5.18. The van der Waals surface area contributed by atoms with Crippen LogP contribution in [0.3, 0.4) is 0 Å². The first-order chi connectivity index (χ1) is 8.69. The molecule has 1 aromatic carbocycles. The van der Waals surface area contributed by atoms with Crippen molar-refractivity contribution in [1.82, 2.24) is 4.98 Å². The lowest BCUT2D eigenvalue weighted by Gasteiger charge is -2.07. The molecule has 0 unspecified atom stereocenters. The molecule has 2 aromatic rings. The minimum Gasteiger partial charge on any atom is -0.497 e. The first-order valence-electron chi connectivity index (χ1n) is 5.34. The number of nitrogens with zero attached hydrogens (tertiary/aromatic N) is 1. The van der Waals surface area contributed by atoms with Gasteiger partial charge in [0.1, 0.15) is 16.5 Å². The maximum absolute atomic E-state index is 10.9. The fourth-order valence-electron chi connectivity index (χ4n) is 1.61. The zero-order valence-corrected chi connectivity index (χ0v) is 11.2. The molecule has 0 saturated carbocycles. The van der Waals surface area contributed by atoms with Crippen LogP contribution in [0.1, 0.15) is 15.4 Å². The number of thiazole rings is 1. The summed E-state index contributed by atoms with van der Waals surface area (Å²) in [6.07, 6.45) is 0.823. The zero-order chi connectivity index (χ0) is 13.1. The van der Waals surface area contributed by atoms with Crippen molar-refractivity contribution in [2.75, 3.05) is 14.2 Å². The molecule has 0 aliphatic rings. The largest absolute Gasteiger partial charge is 0.497 e. The van der Waals surface area contributed by atoms with Gasteiger partial charge in [0, 0.05) is 0 Å². The summed E-state index contributed by atoms with van der Waals surface area (Å²) < 4.78 is 10.5. The van der Waals surface area contributed by atoms with Crippen LogP contribution in [-0.4, -0.2) is 25.5 Å². The van der Waals surface area contributed by atoms with Gasteiger partial charge < -0.3 is 9.47 Å². The van der Waals surface area contributed by atoms with E-state index in [0.29, 0.717) is 10.6 Å². The molecule has 0 radical (unpaired) electrons. The van der Waals surface area contributed by atoms with E-state index in [2.05, 4.69) is 4.98 Å². The van der Waals surface area contributed by atoms with E-state index in [9.17, 15) is 4.79 Å². The lowest BCUT2D eigenvalue weighted by Crippen LogP contribution is -1.90. The van der Waals surface area contributed by atoms with Crippen LogP contribution in [0.15, 0.2) is 18.2 Å². The van der Waals surface area contributed by atoms with Crippen LogP contribution < -0.4 is 9.47 Å². The summed E-state index contributed by atoms with van der Waals surface area (Å²) in [4.78, 5) is 15.9. The van der Waals surface area contributed by atoms with Gasteiger partial charge in [-0.2, -0.15) is 0 Å². The van der Waals surface area contributed by atoms with Crippen molar-refractivity contribution in [3.8, 4) is 22.1 Å². The van der Waals surface area contributed by atoms with Gasteiger partial charge in [0.25, 0.3) is 0 Å². The Hall–Kier alpha value is -1.88. The number of rotatable bonds is 4. The fourth-order valence-corrected chi connectivity index (χ4v) is 2.52.